The molecule has 0 bridgehead atoms. The monoisotopic (exact) mass is 605 g/mol. The number of halogens is 3. The molecule has 9 heteroatoms. The van der Waals surface area contributed by atoms with Gasteiger partial charge in [-0.05, 0) is 56.0 Å². The second-order valence-electron chi connectivity index (χ2n) is 10.2. The average molecular weight is 607 g/mol. The van der Waals surface area contributed by atoms with Gasteiger partial charge < -0.3 is 11.1 Å². The molecule has 0 amide bonds. The number of nitrogens with one attached hydrogen (secondary N) is 1. The third kappa shape index (κ3) is 5.02. The number of carbonyl (C=O) groups is 1. The molecule has 5 aromatic rings. The molecule has 3 N–H and O–H groups in total. The fraction of sp³-hybridized carbons (Fsp3) is 0.156. The van der Waals surface area contributed by atoms with Crippen LogP contribution in [-0.4, -0.2) is 20.3 Å². The number of pyridine rings is 1. The Balaban J connectivity index is 0.00000129. The number of fused-ring (bicyclic) bond motifs is 5. The summed E-state index contributed by atoms with van der Waals surface area (Å²) in [5, 5.41) is 3.51. The summed E-state index contributed by atoms with van der Waals surface area (Å²) < 4.78 is 2.20. The second kappa shape index (κ2) is 11.7. The van der Waals surface area contributed by atoms with Crippen LogP contribution in [0.1, 0.15) is 42.1 Å². The largest absolute Gasteiger partial charge is 0.338 e. The summed E-state index contributed by atoms with van der Waals surface area (Å²) in [6.45, 7) is 1.58. The Morgan fingerprint density at radius 2 is 1.56 bits per heavy atom. The van der Waals surface area contributed by atoms with Crippen molar-refractivity contribution in [2.75, 3.05) is 5.32 Å². The zero-order valence-electron chi connectivity index (χ0n) is 22.3. The highest BCUT2D eigenvalue weighted by atomic mass is 35.5. The topological polar surface area (TPSA) is 85.8 Å². The van der Waals surface area contributed by atoms with Crippen molar-refractivity contribution in [3.05, 3.63) is 102 Å². The van der Waals surface area contributed by atoms with Crippen LogP contribution >= 0.6 is 37.2 Å². The number of Topliss-reactive ketones (excluding diaryl/α,β-unsaturated/α-hetero) is 1. The minimum Gasteiger partial charge on any atom is -0.338 e. The van der Waals surface area contributed by atoms with Crippen LogP contribution in [0.15, 0.2) is 91.1 Å². The third-order valence-corrected chi connectivity index (χ3v) is 7.87. The molecule has 41 heavy (non-hydrogen) atoms. The predicted molar refractivity (Wildman–Crippen MR) is 172 cm³/mol. The minimum absolute atomic E-state index is 0. The van der Waals surface area contributed by atoms with E-state index in [0.29, 0.717) is 5.56 Å². The van der Waals surface area contributed by atoms with E-state index >= 15 is 0 Å². The summed E-state index contributed by atoms with van der Waals surface area (Å²) in [4.78, 5) is 21.9. The fourth-order valence-corrected chi connectivity index (χ4v) is 5.56. The van der Waals surface area contributed by atoms with E-state index in [1.54, 1.807) is 13.1 Å². The molecule has 2 aliphatic rings. The second-order valence-corrected chi connectivity index (χ2v) is 10.2. The van der Waals surface area contributed by atoms with E-state index in [9.17, 15) is 4.79 Å². The standard InChI is InChI=1S/C32H27N5O.3ClH/c1-20(38)21-9-11-22(12-10-21)28-29(23-13-15-24(16-14-23)32(33)17-5-18-32)37-27-8-4-19-34-30(27)35-26-7-3-2-6-25(26)31(37)36-28;;;/h2-4,6-16,19H,5,17-18,33H2,1H3,(H,34,35);3*1H. The SMILES string of the molecule is CC(=O)c1ccc(-c2nc3n(c2-c2ccc(C4(N)CCC4)cc2)-c2cccnc2Nc2ccccc2-3)cc1.Cl.Cl.Cl. The molecule has 3 heterocycles. The van der Waals surface area contributed by atoms with Gasteiger partial charge in [-0.15, -0.1) is 37.2 Å². The van der Waals surface area contributed by atoms with Gasteiger partial charge in [0.15, 0.2) is 11.6 Å². The molecule has 6 nitrogen and oxygen atoms in total. The first-order chi connectivity index (χ1) is 18.5. The highest BCUT2D eigenvalue weighted by Gasteiger charge is 2.34. The first kappa shape index (κ1) is 30.3. The molecular weight excluding hydrogens is 577 g/mol. The number of hydrogen-bond acceptors (Lipinski definition) is 5. The number of carbonyl (C=O) groups excluding carboxylic acids is 1. The first-order valence-corrected chi connectivity index (χ1v) is 13.0. The maximum atomic E-state index is 12.0. The van der Waals surface area contributed by atoms with Crippen molar-refractivity contribution < 1.29 is 4.79 Å². The van der Waals surface area contributed by atoms with Gasteiger partial charge in [0.1, 0.15) is 5.82 Å². The first-order valence-electron chi connectivity index (χ1n) is 13.0. The van der Waals surface area contributed by atoms with Gasteiger partial charge in [-0.2, -0.15) is 0 Å². The smallest absolute Gasteiger partial charge is 0.159 e. The normalized spacial score (nSPS) is 13.7. The highest BCUT2D eigenvalue weighted by molar-refractivity contribution is 5.95. The quantitative estimate of drug-likeness (QED) is 0.198. The number of anilines is 2. The maximum Gasteiger partial charge on any atom is 0.159 e. The van der Waals surface area contributed by atoms with E-state index in [1.165, 1.54) is 12.0 Å². The lowest BCUT2D eigenvalue weighted by atomic mass is 9.72. The summed E-state index contributed by atoms with van der Waals surface area (Å²) in [7, 11) is 0. The zero-order chi connectivity index (χ0) is 25.9. The molecule has 210 valence electrons. The summed E-state index contributed by atoms with van der Waals surface area (Å²) >= 11 is 0. The van der Waals surface area contributed by atoms with Crippen LogP contribution in [0.25, 0.3) is 39.6 Å². The molecule has 1 aliphatic heterocycles. The summed E-state index contributed by atoms with van der Waals surface area (Å²) in [5.41, 5.74) is 14.9. The van der Waals surface area contributed by atoms with E-state index in [0.717, 1.165) is 63.9 Å². The molecule has 1 fully saturated rings. The van der Waals surface area contributed by atoms with Crippen LogP contribution in [-0.2, 0) is 5.54 Å². The Labute approximate surface area is 257 Å². The van der Waals surface area contributed by atoms with Crippen molar-refractivity contribution in [1.82, 2.24) is 14.5 Å². The van der Waals surface area contributed by atoms with Gasteiger partial charge in [-0.25, -0.2) is 9.97 Å². The van der Waals surface area contributed by atoms with E-state index in [2.05, 4.69) is 51.3 Å². The zero-order valence-corrected chi connectivity index (χ0v) is 24.8. The Morgan fingerprint density at radius 3 is 2.22 bits per heavy atom. The van der Waals surface area contributed by atoms with E-state index < -0.39 is 0 Å². The minimum atomic E-state index is -0.225. The third-order valence-electron chi connectivity index (χ3n) is 7.87. The lowest BCUT2D eigenvalue weighted by molar-refractivity contribution is 0.101. The van der Waals surface area contributed by atoms with Crippen LogP contribution < -0.4 is 11.1 Å². The average Bonchev–Trinajstić information content (AvgIpc) is 3.26. The molecule has 1 saturated carbocycles. The van der Waals surface area contributed by atoms with Crippen LogP contribution in [0.3, 0.4) is 0 Å². The van der Waals surface area contributed by atoms with Crippen molar-refractivity contribution in [2.24, 2.45) is 5.73 Å². The molecule has 0 saturated heterocycles. The lowest BCUT2D eigenvalue weighted by Gasteiger charge is -2.38. The molecule has 7 rings (SSSR count). The molecule has 1 aliphatic carbocycles. The van der Waals surface area contributed by atoms with Gasteiger partial charge in [0.25, 0.3) is 0 Å². The van der Waals surface area contributed by atoms with Crippen LogP contribution in [0.4, 0.5) is 11.5 Å². The summed E-state index contributed by atoms with van der Waals surface area (Å²) in [6.07, 6.45) is 5.00. The van der Waals surface area contributed by atoms with Crippen molar-refractivity contribution in [2.45, 2.75) is 31.7 Å². The molecule has 0 atom stereocenters. The number of nitrogens with zero attached hydrogens (tertiary/aromatic N) is 3. The predicted octanol–water partition coefficient (Wildman–Crippen LogP) is 8.13. The molecule has 2 aromatic heterocycles. The van der Waals surface area contributed by atoms with Crippen molar-refractivity contribution in [3.8, 4) is 39.6 Å². The number of ketones is 1. The Hall–Kier alpha value is -3.68. The summed E-state index contributed by atoms with van der Waals surface area (Å²) in [5.74, 6) is 1.64. The van der Waals surface area contributed by atoms with Crippen LogP contribution in [0.2, 0.25) is 0 Å². The van der Waals surface area contributed by atoms with Gasteiger partial charge in [0.05, 0.1) is 22.8 Å². The van der Waals surface area contributed by atoms with Crippen LogP contribution in [0.5, 0.6) is 0 Å². The number of benzene rings is 3. The number of nitrogens with two attached hydrogens (primary N) is 1. The molecule has 0 radical (unpaired) electrons. The van der Waals surface area contributed by atoms with Crippen molar-refractivity contribution in [3.63, 3.8) is 0 Å². The number of hydrogen-bond donors (Lipinski definition) is 2. The number of aromatic nitrogens is 3. The number of rotatable bonds is 4. The molecule has 0 unspecified atom stereocenters. The number of para-hydroxylation sites is 1. The Kier molecular flexibility index (Phi) is 8.62. The Bertz CT molecular complexity index is 1710. The van der Waals surface area contributed by atoms with Gasteiger partial charge >= 0.3 is 0 Å². The molecule has 0 spiro atoms. The number of imidazole rings is 1. The van der Waals surface area contributed by atoms with E-state index in [4.69, 9.17) is 10.7 Å². The maximum absolute atomic E-state index is 12.0. The van der Waals surface area contributed by atoms with E-state index in [1.807, 2.05) is 48.5 Å². The van der Waals surface area contributed by atoms with Gasteiger partial charge in [-0.3, -0.25) is 9.36 Å². The van der Waals surface area contributed by atoms with Gasteiger partial charge in [0, 0.05) is 34.0 Å². The van der Waals surface area contributed by atoms with Gasteiger partial charge in [0.2, 0.25) is 0 Å². The van der Waals surface area contributed by atoms with Crippen molar-refractivity contribution in [1.29, 1.82) is 0 Å². The lowest BCUT2D eigenvalue weighted by Crippen LogP contribution is -2.43. The van der Waals surface area contributed by atoms with E-state index in [-0.39, 0.29) is 48.5 Å². The molecule has 3 aromatic carbocycles. The molecular formula is C32H30Cl3N5O. The van der Waals surface area contributed by atoms with Crippen LogP contribution in [0, 0.1) is 0 Å². The van der Waals surface area contributed by atoms with Gasteiger partial charge in [-0.1, -0.05) is 60.7 Å². The summed E-state index contributed by atoms with van der Waals surface area (Å²) in [6, 6.07) is 28.5. The Morgan fingerprint density at radius 1 is 0.878 bits per heavy atom. The highest BCUT2D eigenvalue weighted by Crippen LogP contribution is 2.45. The van der Waals surface area contributed by atoms with Crippen molar-refractivity contribution >= 4 is 54.5 Å². The fourth-order valence-electron chi connectivity index (χ4n) is 5.56.